The number of benzene rings is 8. The number of fused-ring (bicyclic) bond motifs is 8. The zero-order valence-electron chi connectivity index (χ0n) is 27.7. The minimum atomic E-state index is 0.608. The molecule has 0 bridgehead atoms. The first-order valence-corrected chi connectivity index (χ1v) is 18.2. The van der Waals surface area contributed by atoms with E-state index in [1.165, 1.54) is 30.9 Å². The highest BCUT2D eigenvalue weighted by Crippen LogP contribution is 2.41. The molecule has 0 aliphatic rings. The van der Waals surface area contributed by atoms with Crippen LogP contribution in [0.4, 0.5) is 0 Å². The standard InChI is InChI=1S/C47H27N3OS/c1-3-11-30-25-32(21-19-28(30)9-1)33-23-24-35-40(27-33)51-39-16-7-14-37(43(35)39)46-48-45(34-22-20-29-10-2-4-12-31(29)26-34)49-47(50-46)38-15-8-18-42-44(38)36-13-5-6-17-41(36)52-42/h1-27H. The largest absolute Gasteiger partial charge is 0.456 e. The second kappa shape index (κ2) is 11.4. The third-order valence-corrected chi connectivity index (χ3v) is 11.2. The second-order valence-electron chi connectivity index (χ2n) is 13.2. The summed E-state index contributed by atoms with van der Waals surface area (Å²) in [4.78, 5) is 15.7. The highest BCUT2D eigenvalue weighted by Gasteiger charge is 2.20. The maximum absolute atomic E-state index is 6.57. The van der Waals surface area contributed by atoms with E-state index in [1.54, 1.807) is 11.3 Å². The summed E-state index contributed by atoms with van der Waals surface area (Å²) >= 11 is 1.79. The quantitative estimate of drug-likeness (QED) is 0.185. The van der Waals surface area contributed by atoms with Gasteiger partial charge in [0.15, 0.2) is 17.5 Å². The van der Waals surface area contributed by atoms with Crippen molar-refractivity contribution >= 4 is 75.0 Å². The number of hydrogen-bond acceptors (Lipinski definition) is 5. The molecule has 11 aromatic rings. The van der Waals surface area contributed by atoms with Crippen molar-refractivity contribution in [2.24, 2.45) is 0 Å². The minimum absolute atomic E-state index is 0.608. The van der Waals surface area contributed by atoms with Gasteiger partial charge in [0.1, 0.15) is 11.2 Å². The van der Waals surface area contributed by atoms with Gasteiger partial charge in [0.25, 0.3) is 0 Å². The molecular formula is C47H27N3OS. The van der Waals surface area contributed by atoms with Crippen LogP contribution in [-0.4, -0.2) is 15.0 Å². The molecule has 5 heteroatoms. The average molecular weight is 682 g/mol. The van der Waals surface area contributed by atoms with Gasteiger partial charge in [-0.05, 0) is 75.1 Å². The van der Waals surface area contributed by atoms with Gasteiger partial charge in [-0.1, -0.05) is 121 Å². The Balaban J connectivity index is 1.13. The van der Waals surface area contributed by atoms with Crippen LogP contribution in [0.15, 0.2) is 168 Å². The molecule has 0 fully saturated rings. The van der Waals surface area contributed by atoms with Gasteiger partial charge in [-0.25, -0.2) is 15.0 Å². The van der Waals surface area contributed by atoms with Crippen molar-refractivity contribution in [2.45, 2.75) is 0 Å². The Kier molecular flexibility index (Phi) is 6.39. The van der Waals surface area contributed by atoms with Crippen LogP contribution in [0.2, 0.25) is 0 Å². The Morgan fingerprint density at radius 3 is 1.73 bits per heavy atom. The van der Waals surface area contributed by atoms with Crippen LogP contribution in [0.1, 0.15) is 0 Å². The predicted octanol–water partition coefficient (Wildman–Crippen LogP) is 13.1. The molecule has 0 saturated carbocycles. The summed E-state index contributed by atoms with van der Waals surface area (Å²) < 4.78 is 9.02. The van der Waals surface area contributed by atoms with Crippen molar-refractivity contribution in [3.05, 3.63) is 164 Å². The van der Waals surface area contributed by atoms with Crippen LogP contribution < -0.4 is 0 Å². The Bertz CT molecular complexity index is 3210. The summed E-state index contributed by atoms with van der Waals surface area (Å²) in [5.74, 6) is 1.88. The number of hydrogen-bond donors (Lipinski definition) is 0. The van der Waals surface area contributed by atoms with Crippen molar-refractivity contribution in [1.29, 1.82) is 0 Å². The first kappa shape index (κ1) is 29.1. The molecule has 8 aromatic carbocycles. The first-order valence-electron chi connectivity index (χ1n) is 17.3. The molecule has 11 rings (SSSR count). The van der Waals surface area contributed by atoms with E-state index in [4.69, 9.17) is 19.4 Å². The van der Waals surface area contributed by atoms with Crippen LogP contribution in [-0.2, 0) is 0 Å². The fourth-order valence-corrected chi connectivity index (χ4v) is 8.73. The third-order valence-electron chi connectivity index (χ3n) is 10.1. The van der Waals surface area contributed by atoms with Crippen molar-refractivity contribution in [1.82, 2.24) is 15.0 Å². The molecule has 0 atom stereocenters. The lowest BCUT2D eigenvalue weighted by atomic mass is 9.99. The summed E-state index contributed by atoms with van der Waals surface area (Å²) in [5, 5.41) is 9.14. The second-order valence-corrected chi connectivity index (χ2v) is 14.3. The zero-order valence-corrected chi connectivity index (χ0v) is 28.6. The van der Waals surface area contributed by atoms with Crippen LogP contribution in [0.25, 0.3) is 109 Å². The van der Waals surface area contributed by atoms with Crippen molar-refractivity contribution in [3.63, 3.8) is 0 Å². The lowest BCUT2D eigenvalue weighted by Gasteiger charge is -2.11. The van der Waals surface area contributed by atoms with Gasteiger partial charge in [-0.2, -0.15) is 0 Å². The fourth-order valence-electron chi connectivity index (χ4n) is 7.60. The molecule has 0 N–H and O–H groups in total. The fraction of sp³-hybridized carbons (Fsp3) is 0. The maximum atomic E-state index is 6.57. The SMILES string of the molecule is c1ccc2cc(-c3ccc4c(c3)oc3cccc(-c5nc(-c6ccc7ccccc7c6)nc(-c6cccc7sc8ccccc8c67)n5)c34)ccc2c1. The molecule has 0 radical (unpaired) electrons. The minimum Gasteiger partial charge on any atom is -0.456 e. The van der Waals surface area contributed by atoms with Crippen LogP contribution in [0.5, 0.6) is 0 Å². The van der Waals surface area contributed by atoms with E-state index in [-0.39, 0.29) is 0 Å². The number of thiophene rings is 1. The molecule has 0 aliphatic carbocycles. The van der Waals surface area contributed by atoms with Gasteiger partial charge in [-0.15, -0.1) is 11.3 Å². The third kappa shape index (κ3) is 4.64. The van der Waals surface area contributed by atoms with Crippen molar-refractivity contribution in [3.8, 4) is 45.3 Å². The summed E-state index contributed by atoms with van der Waals surface area (Å²) in [7, 11) is 0. The highest BCUT2D eigenvalue weighted by molar-refractivity contribution is 7.25. The molecule has 0 aliphatic heterocycles. The summed E-state index contributed by atoms with van der Waals surface area (Å²) in [6, 6.07) is 57.4. The lowest BCUT2D eigenvalue weighted by molar-refractivity contribution is 0.669. The Morgan fingerprint density at radius 1 is 0.365 bits per heavy atom. The van der Waals surface area contributed by atoms with E-state index in [0.717, 1.165) is 60.5 Å². The van der Waals surface area contributed by atoms with Gasteiger partial charge in [0.2, 0.25) is 0 Å². The van der Waals surface area contributed by atoms with E-state index in [0.29, 0.717) is 17.5 Å². The number of rotatable bonds is 4. The summed E-state index contributed by atoms with van der Waals surface area (Å²) in [6.45, 7) is 0. The Labute approximate surface area is 302 Å². The number of aromatic nitrogens is 3. The number of furan rings is 1. The molecule has 52 heavy (non-hydrogen) atoms. The van der Waals surface area contributed by atoms with Crippen LogP contribution in [0, 0.1) is 0 Å². The van der Waals surface area contributed by atoms with Gasteiger partial charge >= 0.3 is 0 Å². The predicted molar refractivity (Wildman–Crippen MR) is 217 cm³/mol. The van der Waals surface area contributed by atoms with E-state index >= 15 is 0 Å². The molecule has 242 valence electrons. The Morgan fingerprint density at radius 2 is 0.942 bits per heavy atom. The average Bonchev–Trinajstić information content (AvgIpc) is 3.78. The van der Waals surface area contributed by atoms with Gasteiger partial charge in [-0.3, -0.25) is 0 Å². The van der Waals surface area contributed by atoms with E-state index in [1.807, 2.05) is 12.1 Å². The van der Waals surface area contributed by atoms with Gasteiger partial charge in [0, 0.05) is 47.6 Å². The molecule has 0 spiro atoms. The van der Waals surface area contributed by atoms with Gasteiger partial charge < -0.3 is 4.42 Å². The maximum Gasteiger partial charge on any atom is 0.164 e. The molecular weight excluding hydrogens is 655 g/mol. The molecule has 3 aromatic heterocycles. The molecule has 0 amide bonds. The smallest absolute Gasteiger partial charge is 0.164 e. The molecule has 4 nitrogen and oxygen atoms in total. The molecule has 3 heterocycles. The lowest BCUT2D eigenvalue weighted by Crippen LogP contribution is -2.00. The van der Waals surface area contributed by atoms with Crippen molar-refractivity contribution < 1.29 is 4.42 Å². The van der Waals surface area contributed by atoms with Crippen LogP contribution >= 0.6 is 11.3 Å². The van der Waals surface area contributed by atoms with Gasteiger partial charge in [0.05, 0.1) is 0 Å². The van der Waals surface area contributed by atoms with E-state index < -0.39 is 0 Å². The van der Waals surface area contributed by atoms with E-state index in [9.17, 15) is 0 Å². The normalized spacial score (nSPS) is 11.8. The van der Waals surface area contributed by atoms with E-state index in [2.05, 4.69) is 152 Å². The first-order chi connectivity index (χ1) is 25.7. The highest BCUT2D eigenvalue weighted by atomic mass is 32.1. The summed E-state index contributed by atoms with van der Waals surface area (Å²) in [5.41, 5.74) is 6.72. The molecule has 0 saturated heterocycles. The number of nitrogens with zero attached hydrogens (tertiary/aromatic N) is 3. The molecule has 0 unspecified atom stereocenters. The monoisotopic (exact) mass is 681 g/mol. The summed E-state index contributed by atoms with van der Waals surface area (Å²) in [6.07, 6.45) is 0. The topological polar surface area (TPSA) is 51.8 Å². The van der Waals surface area contributed by atoms with Crippen LogP contribution in [0.3, 0.4) is 0 Å². The van der Waals surface area contributed by atoms with Crippen molar-refractivity contribution in [2.75, 3.05) is 0 Å². The Hall–Kier alpha value is -6.69. The zero-order chi connectivity index (χ0) is 34.2.